The zero-order chi connectivity index (χ0) is 27.0. The average Bonchev–Trinajstić information content (AvgIpc) is 3.59. The fourth-order valence-electron chi connectivity index (χ4n) is 4.53. The van der Waals surface area contributed by atoms with Crippen molar-refractivity contribution >= 4 is 34.2 Å². The standard InChI is InChI=1S/C26H26N8O4S/c1-18-3-8-23(28-16-18)34-24(30-26(35)21-17-29-33-10-2-9-27-25(21)33)15-22(31-34)19-4-6-20(7-5-19)39(36,37)32-11-13-38-14-12-32/h2-10,15-17,21,25H,11-14H2,1H3,(H,30,35). The van der Waals surface area contributed by atoms with E-state index in [9.17, 15) is 13.2 Å². The highest BCUT2D eigenvalue weighted by atomic mass is 32.2. The van der Waals surface area contributed by atoms with Crippen LogP contribution < -0.4 is 5.32 Å². The van der Waals surface area contributed by atoms with Gasteiger partial charge in [-0.1, -0.05) is 18.2 Å². The summed E-state index contributed by atoms with van der Waals surface area (Å²) in [6.07, 6.45) is 8.03. The van der Waals surface area contributed by atoms with E-state index >= 15 is 0 Å². The first kappa shape index (κ1) is 25.1. The molecule has 1 fully saturated rings. The normalized spacial score (nSPS) is 20.8. The van der Waals surface area contributed by atoms with Crippen LogP contribution in [0.15, 0.2) is 75.9 Å². The number of allylic oxidation sites excluding steroid dienone is 1. The predicted octanol–water partition coefficient (Wildman–Crippen LogP) is 2.04. The van der Waals surface area contributed by atoms with E-state index in [1.54, 1.807) is 70.9 Å². The van der Waals surface area contributed by atoms with Crippen molar-refractivity contribution in [3.63, 3.8) is 0 Å². The van der Waals surface area contributed by atoms with Crippen molar-refractivity contribution in [2.24, 2.45) is 16.0 Å². The Bertz CT molecular complexity index is 1570. The fourth-order valence-corrected chi connectivity index (χ4v) is 5.94. The Hall–Kier alpha value is -4.20. The summed E-state index contributed by atoms with van der Waals surface area (Å²) in [5.74, 6) is 0.0617. The van der Waals surface area contributed by atoms with E-state index in [1.165, 1.54) is 4.31 Å². The van der Waals surface area contributed by atoms with E-state index in [4.69, 9.17) is 9.84 Å². The van der Waals surface area contributed by atoms with Crippen LogP contribution in [-0.4, -0.2) is 83.3 Å². The zero-order valence-corrected chi connectivity index (χ0v) is 21.9. The number of ether oxygens (including phenoxy) is 1. The number of aliphatic imine (C=N–C) groups is 1. The van der Waals surface area contributed by atoms with Crippen molar-refractivity contribution in [3.05, 3.63) is 66.5 Å². The first-order valence-corrected chi connectivity index (χ1v) is 13.9. The SMILES string of the molecule is Cc1ccc(-n2nc(-c3ccc(S(=O)(=O)N4CCOCC4)cc3)cc2NC(=O)C2C=NN3C=CC=NC23)nc1. The predicted molar refractivity (Wildman–Crippen MR) is 145 cm³/mol. The lowest BCUT2D eigenvalue weighted by molar-refractivity contribution is -0.118. The summed E-state index contributed by atoms with van der Waals surface area (Å²) in [5.41, 5.74) is 2.22. The van der Waals surface area contributed by atoms with Gasteiger partial charge in [-0.3, -0.25) is 9.79 Å². The van der Waals surface area contributed by atoms with E-state index in [0.29, 0.717) is 49.2 Å². The van der Waals surface area contributed by atoms with Gasteiger partial charge in [0.2, 0.25) is 15.9 Å². The molecular formula is C26H26N8O4S. The molecule has 2 aromatic heterocycles. The number of nitrogens with zero attached hydrogens (tertiary/aromatic N) is 7. The van der Waals surface area contributed by atoms with Crippen LogP contribution in [0.2, 0.25) is 0 Å². The van der Waals surface area contributed by atoms with Crippen molar-refractivity contribution in [3.8, 4) is 17.1 Å². The van der Waals surface area contributed by atoms with Gasteiger partial charge in [-0.2, -0.15) is 19.2 Å². The molecule has 1 aromatic carbocycles. The molecule has 1 saturated heterocycles. The average molecular weight is 547 g/mol. The maximum absolute atomic E-state index is 13.3. The van der Waals surface area contributed by atoms with Gasteiger partial charge in [-0.15, -0.1) is 0 Å². The van der Waals surface area contributed by atoms with Crippen LogP contribution in [0.4, 0.5) is 5.82 Å². The Labute approximate surface area is 225 Å². The van der Waals surface area contributed by atoms with E-state index in [2.05, 4.69) is 20.4 Å². The topological polar surface area (TPSA) is 134 Å². The second-order valence-electron chi connectivity index (χ2n) is 9.27. The summed E-state index contributed by atoms with van der Waals surface area (Å²) in [6.45, 7) is 3.35. The highest BCUT2D eigenvalue weighted by Crippen LogP contribution is 2.28. The molecule has 0 saturated carbocycles. The highest BCUT2D eigenvalue weighted by molar-refractivity contribution is 7.89. The molecule has 2 unspecified atom stereocenters. The number of amides is 1. The number of carbonyl (C=O) groups excluding carboxylic acids is 1. The Morgan fingerprint density at radius 1 is 1.10 bits per heavy atom. The molecular weight excluding hydrogens is 520 g/mol. The van der Waals surface area contributed by atoms with Crippen LogP contribution >= 0.6 is 0 Å². The first-order valence-electron chi connectivity index (χ1n) is 12.4. The number of fused-ring (bicyclic) bond motifs is 1. The molecule has 0 aliphatic carbocycles. The number of pyridine rings is 1. The summed E-state index contributed by atoms with van der Waals surface area (Å²) in [4.78, 5) is 22.3. The molecule has 12 nitrogen and oxygen atoms in total. The number of aryl methyl sites for hydroxylation is 1. The minimum atomic E-state index is -3.62. The number of rotatable bonds is 6. The maximum atomic E-state index is 13.3. The van der Waals surface area contributed by atoms with Crippen LogP contribution in [0.3, 0.4) is 0 Å². The quantitative estimate of drug-likeness (QED) is 0.500. The summed E-state index contributed by atoms with van der Waals surface area (Å²) in [5, 5.41) is 13.6. The molecule has 0 radical (unpaired) electrons. The van der Waals surface area contributed by atoms with Crippen molar-refractivity contribution in [1.82, 2.24) is 24.1 Å². The Kier molecular flexibility index (Phi) is 6.54. The third kappa shape index (κ3) is 4.87. The molecule has 3 aromatic rings. The number of benzene rings is 1. The number of carbonyl (C=O) groups is 1. The molecule has 0 spiro atoms. The van der Waals surface area contributed by atoms with Crippen molar-refractivity contribution < 1.29 is 17.9 Å². The Balaban J connectivity index is 1.30. The van der Waals surface area contributed by atoms with Gasteiger partial charge >= 0.3 is 0 Å². The Morgan fingerprint density at radius 2 is 1.90 bits per heavy atom. The second-order valence-corrected chi connectivity index (χ2v) is 11.2. The van der Waals surface area contributed by atoms with E-state index < -0.39 is 22.1 Å². The van der Waals surface area contributed by atoms with Crippen LogP contribution in [0.1, 0.15) is 5.56 Å². The Morgan fingerprint density at radius 3 is 2.64 bits per heavy atom. The van der Waals surface area contributed by atoms with E-state index in [1.807, 2.05) is 19.1 Å². The third-order valence-corrected chi connectivity index (χ3v) is 8.56. The summed E-state index contributed by atoms with van der Waals surface area (Å²) in [7, 11) is -3.62. The van der Waals surface area contributed by atoms with Crippen molar-refractivity contribution in [2.75, 3.05) is 31.6 Å². The monoisotopic (exact) mass is 546 g/mol. The number of aromatic nitrogens is 3. The molecule has 1 amide bonds. The highest BCUT2D eigenvalue weighted by Gasteiger charge is 2.36. The van der Waals surface area contributed by atoms with Gasteiger partial charge in [0, 0.05) is 49.5 Å². The van der Waals surface area contributed by atoms with Gasteiger partial charge in [0.1, 0.15) is 11.7 Å². The van der Waals surface area contributed by atoms with E-state index in [-0.39, 0.29) is 10.8 Å². The minimum absolute atomic E-state index is 0.202. The summed E-state index contributed by atoms with van der Waals surface area (Å²) >= 11 is 0. The third-order valence-electron chi connectivity index (χ3n) is 6.65. The van der Waals surface area contributed by atoms with E-state index in [0.717, 1.165) is 5.56 Å². The van der Waals surface area contributed by atoms with Crippen LogP contribution in [0.25, 0.3) is 17.1 Å². The number of nitrogens with one attached hydrogen (secondary N) is 1. The number of sulfonamides is 1. The molecule has 3 aliphatic heterocycles. The smallest absolute Gasteiger partial charge is 0.243 e. The summed E-state index contributed by atoms with van der Waals surface area (Å²) < 4.78 is 34.3. The van der Waals surface area contributed by atoms with Crippen LogP contribution in [-0.2, 0) is 19.6 Å². The van der Waals surface area contributed by atoms with Gasteiger partial charge in [-0.05, 0) is 36.8 Å². The molecule has 39 heavy (non-hydrogen) atoms. The molecule has 3 aliphatic rings. The van der Waals surface area contributed by atoms with Crippen molar-refractivity contribution in [2.45, 2.75) is 18.0 Å². The van der Waals surface area contributed by atoms with Gasteiger partial charge in [-0.25, -0.2) is 18.4 Å². The summed E-state index contributed by atoms with van der Waals surface area (Å²) in [6, 6.07) is 12.0. The molecule has 200 valence electrons. The number of hydrogen-bond acceptors (Lipinski definition) is 9. The fraction of sp³-hybridized carbons (Fsp3) is 0.269. The zero-order valence-electron chi connectivity index (χ0n) is 21.1. The molecule has 0 bridgehead atoms. The van der Waals surface area contributed by atoms with Gasteiger partial charge in [0.15, 0.2) is 12.0 Å². The number of anilines is 1. The largest absolute Gasteiger partial charge is 0.379 e. The lowest BCUT2D eigenvalue weighted by Gasteiger charge is -2.26. The van der Waals surface area contributed by atoms with Crippen LogP contribution in [0.5, 0.6) is 0 Å². The molecule has 5 heterocycles. The van der Waals surface area contributed by atoms with Gasteiger partial charge < -0.3 is 10.1 Å². The molecule has 13 heteroatoms. The molecule has 2 atom stereocenters. The second kappa shape index (κ2) is 10.2. The lowest BCUT2D eigenvalue weighted by atomic mass is 10.1. The number of hydrazone groups is 1. The maximum Gasteiger partial charge on any atom is 0.243 e. The first-order chi connectivity index (χ1) is 18.9. The van der Waals surface area contributed by atoms with Crippen molar-refractivity contribution in [1.29, 1.82) is 0 Å². The van der Waals surface area contributed by atoms with Gasteiger partial charge in [0.25, 0.3) is 0 Å². The number of hydrogen-bond donors (Lipinski definition) is 1. The lowest BCUT2D eigenvalue weighted by Crippen LogP contribution is -2.40. The molecule has 6 rings (SSSR count). The minimum Gasteiger partial charge on any atom is -0.379 e. The van der Waals surface area contributed by atoms with Crippen LogP contribution in [0, 0.1) is 12.8 Å². The van der Waals surface area contributed by atoms with Gasteiger partial charge in [0.05, 0.1) is 23.8 Å². The molecule has 1 N–H and O–H groups in total. The number of morpholine rings is 1.